The van der Waals surface area contributed by atoms with Crippen molar-refractivity contribution in [3.63, 3.8) is 0 Å². The molecule has 1 aliphatic rings. The summed E-state index contributed by atoms with van der Waals surface area (Å²) in [6.07, 6.45) is 2.51. The zero-order chi connectivity index (χ0) is 30.9. The van der Waals surface area contributed by atoms with Crippen LogP contribution in [0.2, 0.25) is 0 Å². The molecular formula is C36H44N4O4. The molecule has 232 valence electrons. The molecule has 1 fully saturated rings. The van der Waals surface area contributed by atoms with E-state index in [1.165, 1.54) is 0 Å². The predicted octanol–water partition coefficient (Wildman–Crippen LogP) is 5.92. The van der Waals surface area contributed by atoms with Gasteiger partial charge in [-0.3, -0.25) is 9.59 Å². The van der Waals surface area contributed by atoms with E-state index >= 15 is 0 Å². The third kappa shape index (κ3) is 7.55. The van der Waals surface area contributed by atoms with Crippen LogP contribution in [0.1, 0.15) is 58.6 Å². The second-order valence-corrected chi connectivity index (χ2v) is 11.6. The number of carbonyl (C=O) groups is 2. The van der Waals surface area contributed by atoms with E-state index in [0.717, 1.165) is 61.2 Å². The fraction of sp³-hybridized carbons (Fsp3) is 0.417. The van der Waals surface area contributed by atoms with E-state index in [-0.39, 0.29) is 23.5 Å². The number of likely N-dealkylation sites (tertiary alicyclic amines) is 1. The minimum absolute atomic E-state index is 0.0186. The Labute approximate surface area is 260 Å². The fourth-order valence-corrected chi connectivity index (χ4v) is 6.20. The molecule has 8 nitrogen and oxygen atoms in total. The van der Waals surface area contributed by atoms with Gasteiger partial charge in [0.2, 0.25) is 5.78 Å². The molecule has 1 aliphatic heterocycles. The lowest BCUT2D eigenvalue weighted by Gasteiger charge is -2.33. The van der Waals surface area contributed by atoms with E-state index in [4.69, 9.17) is 14.5 Å². The van der Waals surface area contributed by atoms with Gasteiger partial charge in [-0.2, -0.15) is 0 Å². The number of benzene rings is 3. The van der Waals surface area contributed by atoms with Crippen molar-refractivity contribution in [1.82, 2.24) is 19.4 Å². The van der Waals surface area contributed by atoms with Crippen LogP contribution in [-0.2, 0) is 11.3 Å². The number of fused-ring (bicyclic) bond motifs is 1. The van der Waals surface area contributed by atoms with Crippen LogP contribution in [0.4, 0.5) is 0 Å². The van der Waals surface area contributed by atoms with E-state index in [1.807, 2.05) is 90.2 Å². The molecule has 1 saturated heterocycles. The third-order valence-electron chi connectivity index (χ3n) is 8.72. The number of likely N-dealkylation sites (N-methyl/N-ethyl adjacent to an activating group) is 1. The highest BCUT2D eigenvalue weighted by molar-refractivity contribution is 5.98. The molecule has 44 heavy (non-hydrogen) atoms. The van der Waals surface area contributed by atoms with Crippen LogP contribution in [0, 0.1) is 5.92 Å². The summed E-state index contributed by atoms with van der Waals surface area (Å²) in [5, 5.41) is 0. The molecule has 0 radical (unpaired) electrons. The van der Waals surface area contributed by atoms with Gasteiger partial charge in [-0.15, -0.1) is 0 Å². The molecule has 0 bridgehead atoms. The summed E-state index contributed by atoms with van der Waals surface area (Å²) in [6.45, 7) is 7.01. The Kier molecular flexibility index (Phi) is 10.8. The van der Waals surface area contributed by atoms with E-state index in [1.54, 1.807) is 7.11 Å². The number of rotatable bonds is 14. The summed E-state index contributed by atoms with van der Waals surface area (Å²) in [5.41, 5.74) is 3.68. The number of piperidine rings is 1. The fourth-order valence-electron chi connectivity index (χ4n) is 6.20. The quantitative estimate of drug-likeness (QED) is 0.133. The molecular weight excluding hydrogens is 552 g/mol. The molecule has 1 unspecified atom stereocenters. The first-order valence-corrected chi connectivity index (χ1v) is 15.7. The Hall–Kier alpha value is -4.01. The van der Waals surface area contributed by atoms with Crippen LogP contribution >= 0.6 is 0 Å². The average molecular weight is 597 g/mol. The van der Waals surface area contributed by atoms with Crippen molar-refractivity contribution in [2.75, 3.05) is 53.6 Å². The lowest BCUT2D eigenvalue weighted by Crippen LogP contribution is -2.38. The monoisotopic (exact) mass is 596 g/mol. The zero-order valence-corrected chi connectivity index (χ0v) is 26.2. The summed E-state index contributed by atoms with van der Waals surface area (Å²) in [7, 11) is 3.56. The van der Waals surface area contributed by atoms with Gasteiger partial charge in [0.15, 0.2) is 5.82 Å². The third-order valence-corrected chi connectivity index (χ3v) is 8.72. The van der Waals surface area contributed by atoms with Crippen LogP contribution in [0.15, 0.2) is 78.9 Å². The second-order valence-electron chi connectivity index (χ2n) is 11.6. The minimum Gasteiger partial charge on any atom is -0.497 e. The van der Waals surface area contributed by atoms with Crippen molar-refractivity contribution in [1.29, 1.82) is 0 Å². The maximum atomic E-state index is 13.8. The van der Waals surface area contributed by atoms with Crippen LogP contribution in [0.3, 0.4) is 0 Å². The van der Waals surface area contributed by atoms with Gasteiger partial charge in [-0.25, -0.2) is 4.98 Å². The van der Waals surface area contributed by atoms with Crippen molar-refractivity contribution in [2.45, 2.75) is 38.6 Å². The summed E-state index contributed by atoms with van der Waals surface area (Å²) in [4.78, 5) is 35.9. The molecule has 5 rings (SSSR count). The summed E-state index contributed by atoms with van der Waals surface area (Å²) in [6, 6.07) is 25.5. The van der Waals surface area contributed by atoms with E-state index in [0.29, 0.717) is 37.7 Å². The largest absolute Gasteiger partial charge is 0.497 e. The van der Waals surface area contributed by atoms with Gasteiger partial charge in [-0.05, 0) is 87.8 Å². The number of methoxy groups -OCH3 is 1. The number of ether oxygens (including phenoxy) is 2. The van der Waals surface area contributed by atoms with E-state index in [9.17, 15) is 9.59 Å². The number of aromatic nitrogens is 2. The number of para-hydroxylation sites is 2. The van der Waals surface area contributed by atoms with Gasteiger partial charge >= 0.3 is 0 Å². The van der Waals surface area contributed by atoms with Crippen LogP contribution in [0.5, 0.6) is 5.75 Å². The standard InChI is InChI=1S/C36H44N4O4/c1-4-44-24-23-40-33-16-9-8-15-32(33)37-35(40)34(41)27-17-20-39(21-18-27)22-19-30(29-13-10-14-31(25-29)43-3)26-38(2)36(42)28-11-6-5-7-12-28/h5-16,25,27,30H,4,17-24,26H2,1-3H3. The lowest BCUT2D eigenvalue weighted by molar-refractivity contribution is 0.0779. The highest BCUT2D eigenvalue weighted by Gasteiger charge is 2.30. The smallest absolute Gasteiger partial charge is 0.253 e. The highest BCUT2D eigenvalue weighted by Crippen LogP contribution is 2.28. The summed E-state index contributed by atoms with van der Waals surface area (Å²) < 4.78 is 13.1. The van der Waals surface area contributed by atoms with Crippen molar-refractivity contribution in [2.24, 2.45) is 5.92 Å². The minimum atomic E-state index is -0.0438. The molecule has 0 N–H and O–H groups in total. The molecule has 1 aromatic heterocycles. The lowest BCUT2D eigenvalue weighted by atomic mass is 9.90. The molecule has 0 aliphatic carbocycles. The highest BCUT2D eigenvalue weighted by atomic mass is 16.5. The molecule has 2 heterocycles. The van der Waals surface area contributed by atoms with Crippen LogP contribution < -0.4 is 4.74 Å². The number of Topliss-reactive ketones (excluding diaryl/α,β-unsaturated/α-hetero) is 1. The number of hydrogen-bond acceptors (Lipinski definition) is 6. The van der Waals surface area contributed by atoms with Crippen molar-refractivity contribution in [3.8, 4) is 5.75 Å². The molecule has 4 aromatic rings. The SMILES string of the molecule is CCOCCn1c(C(=O)C2CCN(CCC(CN(C)C(=O)c3ccccc3)c3cccc(OC)c3)CC2)nc2ccccc21. The normalized spacial score (nSPS) is 14.9. The Balaban J connectivity index is 1.22. The Morgan fingerprint density at radius 3 is 2.48 bits per heavy atom. The van der Waals surface area contributed by atoms with E-state index in [2.05, 4.69) is 17.0 Å². The molecule has 1 amide bonds. The van der Waals surface area contributed by atoms with Gasteiger partial charge in [0.1, 0.15) is 5.75 Å². The Bertz CT molecular complexity index is 1530. The van der Waals surface area contributed by atoms with E-state index < -0.39 is 0 Å². The maximum absolute atomic E-state index is 13.8. The number of carbonyl (C=O) groups excluding carboxylic acids is 2. The number of amides is 1. The van der Waals surface area contributed by atoms with Gasteiger partial charge < -0.3 is 23.8 Å². The van der Waals surface area contributed by atoms with Gasteiger partial charge in [-0.1, -0.05) is 42.5 Å². The topological polar surface area (TPSA) is 76.9 Å². The molecule has 0 saturated carbocycles. The van der Waals surface area contributed by atoms with Crippen molar-refractivity contribution in [3.05, 3.63) is 95.8 Å². The predicted molar refractivity (Wildman–Crippen MR) is 173 cm³/mol. The van der Waals surface area contributed by atoms with Crippen molar-refractivity contribution >= 4 is 22.7 Å². The Morgan fingerprint density at radius 1 is 0.977 bits per heavy atom. The van der Waals surface area contributed by atoms with Gasteiger partial charge in [0, 0.05) is 44.1 Å². The van der Waals surface area contributed by atoms with Gasteiger partial charge in [0.25, 0.3) is 5.91 Å². The molecule has 8 heteroatoms. The van der Waals surface area contributed by atoms with Crippen LogP contribution in [-0.4, -0.2) is 84.6 Å². The molecule has 1 atom stereocenters. The van der Waals surface area contributed by atoms with Crippen LogP contribution in [0.25, 0.3) is 11.0 Å². The number of hydrogen-bond donors (Lipinski definition) is 0. The molecule has 3 aromatic carbocycles. The first-order valence-electron chi connectivity index (χ1n) is 15.7. The number of ketones is 1. The number of imidazole rings is 1. The zero-order valence-electron chi connectivity index (χ0n) is 26.2. The van der Waals surface area contributed by atoms with Gasteiger partial charge in [0.05, 0.1) is 24.8 Å². The first kappa shape index (κ1) is 31.4. The number of nitrogens with zero attached hydrogens (tertiary/aromatic N) is 4. The Morgan fingerprint density at radius 2 is 1.73 bits per heavy atom. The average Bonchev–Trinajstić information content (AvgIpc) is 3.45. The first-order chi connectivity index (χ1) is 21.5. The van der Waals surface area contributed by atoms with Crippen molar-refractivity contribution < 1.29 is 19.1 Å². The summed E-state index contributed by atoms with van der Waals surface area (Å²) in [5.74, 6) is 1.62. The second kappa shape index (κ2) is 15.1. The maximum Gasteiger partial charge on any atom is 0.253 e. The molecule has 0 spiro atoms. The summed E-state index contributed by atoms with van der Waals surface area (Å²) >= 11 is 0.